The molecule has 0 saturated carbocycles. The maximum absolute atomic E-state index is 9.13. The quantitative estimate of drug-likeness (QED) is 0.714. The number of aliphatic hydroxyl groups excluding tert-OH is 1. The lowest BCUT2D eigenvalue weighted by atomic mass is 10.2. The minimum Gasteiger partial charge on any atom is -0.392 e. The van der Waals surface area contributed by atoms with Crippen LogP contribution in [0.15, 0.2) is 18.2 Å². The van der Waals surface area contributed by atoms with Crippen LogP contribution in [0.5, 0.6) is 0 Å². The SMILES string of the molecule is Cc1ccc2nc(NCC(C)O)[nH]c2c1. The number of H-pyrrole nitrogens is 1. The summed E-state index contributed by atoms with van der Waals surface area (Å²) >= 11 is 0. The van der Waals surface area contributed by atoms with Crippen LogP contribution in [0.1, 0.15) is 12.5 Å². The number of aliphatic hydroxyl groups is 1. The van der Waals surface area contributed by atoms with E-state index in [1.54, 1.807) is 6.92 Å². The number of aromatic amines is 1. The molecule has 4 nitrogen and oxygen atoms in total. The molecule has 0 radical (unpaired) electrons. The second-order valence-electron chi connectivity index (χ2n) is 3.84. The van der Waals surface area contributed by atoms with Gasteiger partial charge in [-0.2, -0.15) is 0 Å². The van der Waals surface area contributed by atoms with E-state index in [0.717, 1.165) is 11.0 Å². The van der Waals surface area contributed by atoms with Gasteiger partial charge >= 0.3 is 0 Å². The maximum Gasteiger partial charge on any atom is 0.201 e. The van der Waals surface area contributed by atoms with Gasteiger partial charge in [0.15, 0.2) is 0 Å². The monoisotopic (exact) mass is 205 g/mol. The summed E-state index contributed by atoms with van der Waals surface area (Å²) in [4.78, 5) is 7.51. The van der Waals surface area contributed by atoms with Crippen molar-refractivity contribution in [2.24, 2.45) is 0 Å². The molecule has 1 unspecified atom stereocenters. The third-order valence-corrected chi connectivity index (χ3v) is 2.20. The third-order valence-electron chi connectivity index (χ3n) is 2.20. The number of aryl methyl sites for hydroxylation is 1. The minimum absolute atomic E-state index is 0.375. The highest BCUT2D eigenvalue weighted by atomic mass is 16.3. The number of fused-ring (bicyclic) bond motifs is 1. The molecular formula is C11H15N3O. The van der Waals surface area contributed by atoms with Crippen LogP contribution in [-0.2, 0) is 0 Å². The minimum atomic E-state index is -0.375. The van der Waals surface area contributed by atoms with Crippen molar-refractivity contribution < 1.29 is 5.11 Å². The number of rotatable bonds is 3. The molecule has 15 heavy (non-hydrogen) atoms. The number of benzene rings is 1. The predicted molar refractivity (Wildman–Crippen MR) is 61.0 cm³/mol. The Morgan fingerprint density at radius 3 is 3.07 bits per heavy atom. The van der Waals surface area contributed by atoms with E-state index in [1.807, 2.05) is 19.1 Å². The van der Waals surface area contributed by atoms with Crippen molar-refractivity contribution in [2.45, 2.75) is 20.0 Å². The fraction of sp³-hybridized carbons (Fsp3) is 0.364. The highest BCUT2D eigenvalue weighted by Crippen LogP contribution is 2.15. The summed E-state index contributed by atoms with van der Waals surface area (Å²) in [5.74, 6) is 0.705. The van der Waals surface area contributed by atoms with Crippen LogP contribution in [0.4, 0.5) is 5.95 Å². The number of anilines is 1. The smallest absolute Gasteiger partial charge is 0.201 e. The molecule has 0 aliphatic rings. The summed E-state index contributed by atoms with van der Waals surface area (Å²) < 4.78 is 0. The lowest BCUT2D eigenvalue weighted by Crippen LogP contribution is -2.15. The molecule has 1 aromatic heterocycles. The highest BCUT2D eigenvalue weighted by molar-refractivity contribution is 5.78. The van der Waals surface area contributed by atoms with Gasteiger partial charge in [0.25, 0.3) is 0 Å². The van der Waals surface area contributed by atoms with E-state index in [-0.39, 0.29) is 6.10 Å². The summed E-state index contributed by atoms with van der Waals surface area (Å²) in [5, 5.41) is 12.2. The van der Waals surface area contributed by atoms with Gasteiger partial charge in [0.2, 0.25) is 5.95 Å². The van der Waals surface area contributed by atoms with Crippen molar-refractivity contribution >= 4 is 17.0 Å². The summed E-state index contributed by atoms with van der Waals surface area (Å²) in [7, 11) is 0. The van der Waals surface area contributed by atoms with E-state index >= 15 is 0 Å². The predicted octanol–water partition coefficient (Wildman–Crippen LogP) is 1.66. The normalized spacial score (nSPS) is 13.0. The zero-order valence-corrected chi connectivity index (χ0v) is 8.91. The molecule has 2 aromatic rings. The van der Waals surface area contributed by atoms with Gasteiger partial charge in [-0.1, -0.05) is 6.07 Å². The first-order valence-corrected chi connectivity index (χ1v) is 5.03. The molecule has 80 valence electrons. The van der Waals surface area contributed by atoms with Gasteiger partial charge in [-0.15, -0.1) is 0 Å². The molecule has 0 spiro atoms. The first kappa shape index (κ1) is 9.98. The van der Waals surface area contributed by atoms with Gasteiger partial charge in [-0.3, -0.25) is 0 Å². The number of nitrogens with one attached hydrogen (secondary N) is 2. The van der Waals surface area contributed by atoms with E-state index < -0.39 is 0 Å². The Hall–Kier alpha value is -1.55. The van der Waals surface area contributed by atoms with E-state index in [1.165, 1.54) is 5.56 Å². The van der Waals surface area contributed by atoms with Gasteiger partial charge < -0.3 is 15.4 Å². The number of hydrogen-bond donors (Lipinski definition) is 3. The second-order valence-corrected chi connectivity index (χ2v) is 3.84. The lowest BCUT2D eigenvalue weighted by molar-refractivity contribution is 0.208. The Morgan fingerprint density at radius 2 is 2.33 bits per heavy atom. The van der Waals surface area contributed by atoms with Gasteiger partial charge in [0.05, 0.1) is 17.1 Å². The topological polar surface area (TPSA) is 60.9 Å². The molecule has 0 amide bonds. The van der Waals surface area contributed by atoms with Crippen molar-refractivity contribution in [3.8, 4) is 0 Å². The average Bonchev–Trinajstić information content (AvgIpc) is 2.56. The Morgan fingerprint density at radius 1 is 1.53 bits per heavy atom. The summed E-state index contributed by atoms with van der Waals surface area (Å²) in [6.07, 6.45) is -0.375. The molecule has 0 bridgehead atoms. The fourth-order valence-corrected chi connectivity index (χ4v) is 1.45. The summed E-state index contributed by atoms with van der Waals surface area (Å²) in [6.45, 7) is 4.28. The first-order valence-electron chi connectivity index (χ1n) is 5.03. The number of hydrogen-bond acceptors (Lipinski definition) is 3. The molecule has 1 aromatic carbocycles. The van der Waals surface area contributed by atoms with Crippen LogP contribution in [0, 0.1) is 6.92 Å². The molecule has 0 fully saturated rings. The van der Waals surface area contributed by atoms with Crippen LogP contribution in [0.2, 0.25) is 0 Å². The Balaban J connectivity index is 2.23. The Bertz CT molecular complexity index is 462. The van der Waals surface area contributed by atoms with E-state index in [0.29, 0.717) is 12.5 Å². The first-order chi connectivity index (χ1) is 7.15. The summed E-state index contributed by atoms with van der Waals surface area (Å²) in [5.41, 5.74) is 3.16. The van der Waals surface area contributed by atoms with E-state index in [4.69, 9.17) is 5.11 Å². The molecule has 0 aliphatic carbocycles. The fourth-order valence-electron chi connectivity index (χ4n) is 1.45. The standard InChI is InChI=1S/C11H15N3O/c1-7-3-4-9-10(5-7)14-11(13-9)12-6-8(2)15/h3-5,8,15H,6H2,1-2H3,(H2,12,13,14). The van der Waals surface area contributed by atoms with Crippen LogP contribution < -0.4 is 5.32 Å². The van der Waals surface area contributed by atoms with E-state index in [9.17, 15) is 0 Å². The van der Waals surface area contributed by atoms with Crippen LogP contribution in [0.25, 0.3) is 11.0 Å². The molecule has 1 atom stereocenters. The molecule has 3 N–H and O–H groups in total. The second kappa shape index (κ2) is 3.90. The van der Waals surface area contributed by atoms with Crippen molar-refractivity contribution in [1.29, 1.82) is 0 Å². The van der Waals surface area contributed by atoms with Gasteiger partial charge in [-0.25, -0.2) is 4.98 Å². The van der Waals surface area contributed by atoms with Crippen LogP contribution in [-0.4, -0.2) is 27.7 Å². The Labute approximate surface area is 88.3 Å². The van der Waals surface area contributed by atoms with E-state index in [2.05, 4.69) is 21.4 Å². The molecular weight excluding hydrogens is 190 g/mol. The molecule has 2 rings (SSSR count). The zero-order chi connectivity index (χ0) is 10.8. The molecule has 0 saturated heterocycles. The Kier molecular flexibility index (Phi) is 2.60. The van der Waals surface area contributed by atoms with Crippen LogP contribution in [0.3, 0.4) is 0 Å². The number of imidazole rings is 1. The van der Waals surface area contributed by atoms with Gasteiger partial charge in [0.1, 0.15) is 0 Å². The highest BCUT2D eigenvalue weighted by Gasteiger charge is 2.02. The van der Waals surface area contributed by atoms with Crippen molar-refractivity contribution in [3.05, 3.63) is 23.8 Å². The average molecular weight is 205 g/mol. The number of nitrogens with zero attached hydrogens (tertiary/aromatic N) is 1. The van der Waals surface area contributed by atoms with Gasteiger partial charge in [0, 0.05) is 6.54 Å². The summed E-state index contributed by atoms with van der Waals surface area (Å²) in [6, 6.07) is 6.06. The lowest BCUT2D eigenvalue weighted by Gasteiger charge is -2.03. The molecule has 4 heteroatoms. The molecule has 0 aliphatic heterocycles. The van der Waals surface area contributed by atoms with Gasteiger partial charge in [-0.05, 0) is 31.5 Å². The van der Waals surface area contributed by atoms with Crippen molar-refractivity contribution in [1.82, 2.24) is 9.97 Å². The van der Waals surface area contributed by atoms with Crippen LogP contribution >= 0.6 is 0 Å². The molecule has 1 heterocycles. The maximum atomic E-state index is 9.13. The number of aromatic nitrogens is 2. The van der Waals surface area contributed by atoms with Crippen molar-refractivity contribution in [2.75, 3.05) is 11.9 Å². The van der Waals surface area contributed by atoms with Crippen molar-refractivity contribution in [3.63, 3.8) is 0 Å². The zero-order valence-electron chi connectivity index (χ0n) is 8.91. The largest absolute Gasteiger partial charge is 0.392 e. The third kappa shape index (κ3) is 2.27.